The Morgan fingerprint density at radius 3 is 2.68 bits per heavy atom. The van der Waals surface area contributed by atoms with Crippen LogP contribution in [0, 0.1) is 0 Å². The first-order chi connectivity index (χ1) is 9.16. The van der Waals surface area contributed by atoms with Gasteiger partial charge in [0.05, 0.1) is 12.1 Å². The molecule has 2 nitrogen and oxygen atoms in total. The average molecular weight is 273 g/mol. The Labute approximate surface area is 118 Å². The van der Waals surface area contributed by atoms with Gasteiger partial charge in [0, 0.05) is 17.1 Å². The molecule has 1 aliphatic rings. The number of aliphatic hydroxyl groups is 1. The summed E-state index contributed by atoms with van der Waals surface area (Å²) in [6.45, 7) is 5.14. The van der Waals surface area contributed by atoms with E-state index in [9.17, 15) is 5.11 Å². The molecule has 0 amide bonds. The van der Waals surface area contributed by atoms with E-state index < -0.39 is 6.10 Å². The highest BCUT2D eigenvalue weighted by Gasteiger charge is 2.24. The summed E-state index contributed by atoms with van der Waals surface area (Å²) >= 11 is 1.87. The molecule has 0 saturated carbocycles. The van der Waals surface area contributed by atoms with Crippen LogP contribution in [-0.4, -0.2) is 11.7 Å². The van der Waals surface area contributed by atoms with Crippen LogP contribution in [0.4, 0.5) is 5.69 Å². The molecular formula is C16H19NOS. The van der Waals surface area contributed by atoms with E-state index in [2.05, 4.69) is 35.4 Å². The lowest BCUT2D eigenvalue weighted by Crippen LogP contribution is -2.33. The predicted octanol–water partition coefficient (Wildman–Crippen LogP) is 3.93. The number of thiophene rings is 1. The zero-order valence-corrected chi connectivity index (χ0v) is 12.2. The molecule has 2 atom stereocenters. The first-order valence-corrected chi connectivity index (χ1v) is 7.65. The van der Waals surface area contributed by atoms with Crippen molar-refractivity contribution in [3.05, 3.63) is 51.7 Å². The third kappa shape index (κ3) is 2.28. The van der Waals surface area contributed by atoms with Gasteiger partial charge in [-0.25, -0.2) is 0 Å². The third-order valence-corrected chi connectivity index (χ3v) is 4.98. The molecule has 1 aromatic heterocycles. The summed E-state index contributed by atoms with van der Waals surface area (Å²) < 4.78 is 0. The molecule has 0 aliphatic carbocycles. The van der Waals surface area contributed by atoms with Crippen molar-refractivity contribution >= 4 is 17.0 Å². The largest absolute Gasteiger partial charge is 0.389 e. The minimum atomic E-state index is -0.392. The SMILES string of the molecule is CC1c2ccsc2CCN1c1ccc([C@H](C)O)cc1. The van der Waals surface area contributed by atoms with Crippen molar-refractivity contribution in [1.82, 2.24) is 0 Å². The Kier molecular flexibility index (Phi) is 3.33. The van der Waals surface area contributed by atoms with E-state index in [-0.39, 0.29) is 0 Å². The van der Waals surface area contributed by atoms with Gasteiger partial charge < -0.3 is 10.0 Å². The molecule has 0 saturated heterocycles. The normalized spacial score (nSPS) is 20.2. The molecule has 3 rings (SSSR count). The first-order valence-electron chi connectivity index (χ1n) is 6.78. The molecule has 1 N–H and O–H groups in total. The van der Waals surface area contributed by atoms with Crippen LogP contribution in [0.15, 0.2) is 35.7 Å². The van der Waals surface area contributed by atoms with Crippen LogP contribution in [0.25, 0.3) is 0 Å². The Morgan fingerprint density at radius 1 is 1.26 bits per heavy atom. The van der Waals surface area contributed by atoms with Gasteiger partial charge in [-0.15, -0.1) is 11.3 Å². The molecule has 100 valence electrons. The van der Waals surface area contributed by atoms with Crippen molar-refractivity contribution in [1.29, 1.82) is 0 Å². The van der Waals surface area contributed by atoms with Crippen LogP contribution in [0.3, 0.4) is 0 Å². The van der Waals surface area contributed by atoms with Crippen LogP contribution in [0.5, 0.6) is 0 Å². The summed E-state index contributed by atoms with van der Waals surface area (Å²) in [4.78, 5) is 3.98. The zero-order chi connectivity index (χ0) is 13.4. The van der Waals surface area contributed by atoms with Crippen molar-refractivity contribution in [3.63, 3.8) is 0 Å². The van der Waals surface area contributed by atoms with Crippen molar-refractivity contribution in [2.24, 2.45) is 0 Å². The summed E-state index contributed by atoms with van der Waals surface area (Å²) in [6, 6.07) is 11.0. The van der Waals surface area contributed by atoms with Gasteiger partial charge in [-0.2, -0.15) is 0 Å². The average Bonchev–Trinajstić information content (AvgIpc) is 2.88. The van der Waals surface area contributed by atoms with E-state index in [0.29, 0.717) is 6.04 Å². The highest BCUT2D eigenvalue weighted by molar-refractivity contribution is 7.10. The zero-order valence-electron chi connectivity index (χ0n) is 11.3. The lowest BCUT2D eigenvalue weighted by molar-refractivity contribution is 0.199. The molecule has 1 unspecified atom stereocenters. The molecule has 0 spiro atoms. The lowest BCUT2D eigenvalue weighted by atomic mass is 10.00. The number of fused-ring (bicyclic) bond motifs is 1. The highest BCUT2D eigenvalue weighted by Crippen LogP contribution is 2.36. The monoisotopic (exact) mass is 273 g/mol. The number of aliphatic hydroxyl groups excluding tert-OH is 1. The van der Waals surface area contributed by atoms with E-state index in [1.165, 1.54) is 16.1 Å². The van der Waals surface area contributed by atoms with Crippen molar-refractivity contribution in [3.8, 4) is 0 Å². The van der Waals surface area contributed by atoms with E-state index >= 15 is 0 Å². The molecule has 2 aromatic rings. The Morgan fingerprint density at radius 2 is 2.00 bits per heavy atom. The van der Waals surface area contributed by atoms with Crippen LogP contribution < -0.4 is 4.90 Å². The second kappa shape index (κ2) is 4.99. The number of nitrogens with zero attached hydrogens (tertiary/aromatic N) is 1. The van der Waals surface area contributed by atoms with Gasteiger partial charge in [-0.3, -0.25) is 0 Å². The Bertz CT molecular complexity index is 558. The summed E-state index contributed by atoms with van der Waals surface area (Å²) in [6.07, 6.45) is 0.742. The topological polar surface area (TPSA) is 23.5 Å². The standard InChI is InChI=1S/C16H19NOS/c1-11-15-8-10-19-16(15)7-9-17(11)14-5-3-13(4-6-14)12(2)18/h3-6,8,10-12,18H,7,9H2,1-2H3/t11?,12-/m0/s1. The maximum atomic E-state index is 9.57. The minimum Gasteiger partial charge on any atom is -0.389 e. The maximum Gasteiger partial charge on any atom is 0.0761 e. The fraction of sp³-hybridized carbons (Fsp3) is 0.375. The first kappa shape index (κ1) is 12.7. The van der Waals surface area contributed by atoms with Crippen LogP contribution in [0.1, 0.15) is 42.0 Å². The molecule has 0 radical (unpaired) electrons. The predicted molar refractivity (Wildman–Crippen MR) is 80.9 cm³/mol. The molecular weight excluding hydrogens is 254 g/mol. The van der Waals surface area contributed by atoms with E-state index in [1.54, 1.807) is 6.92 Å². The van der Waals surface area contributed by atoms with Crippen molar-refractivity contribution in [2.45, 2.75) is 32.4 Å². The number of hydrogen-bond acceptors (Lipinski definition) is 3. The van der Waals surface area contributed by atoms with E-state index in [0.717, 1.165) is 18.5 Å². The van der Waals surface area contributed by atoms with Crippen molar-refractivity contribution < 1.29 is 5.11 Å². The summed E-state index contributed by atoms with van der Waals surface area (Å²) in [5, 5.41) is 11.8. The third-order valence-electron chi connectivity index (χ3n) is 3.98. The van der Waals surface area contributed by atoms with Crippen LogP contribution >= 0.6 is 11.3 Å². The smallest absolute Gasteiger partial charge is 0.0761 e. The second-order valence-electron chi connectivity index (χ2n) is 5.19. The molecule has 0 fully saturated rings. The van der Waals surface area contributed by atoms with Gasteiger partial charge in [0.2, 0.25) is 0 Å². The van der Waals surface area contributed by atoms with E-state index in [1.807, 2.05) is 23.5 Å². The molecule has 0 bridgehead atoms. The lowest BCUT2D eigenvalue weighted by Gasteiger charge is -2.35. The van der Waals surface area contributed by atoms with Gasteiger partial charge in [0.1, 0.15) is 0 Å². The van der Waals surface area contributed by atoms with Gasteiger partial charge in [-0.1, -0.05) is 12.1 Å². The maximum absolute atomic E-state index is 9.57. The molecule has 1 aliphatic heterocycles. The number of anilines is 1. The van der Waals surface area contributed by atoms with Crippen LogP contribution in [0.2, 0.25) is 0 Å². The number of hydrogen-bond donors (Lipinski definition) is 1. The minimum absolute atomic E-state index is 0.392. The van der Waals surface area contributed by atoms with E-state index in [4.69, 9.17) is 0 Å². The van der Waals surface area contributed by atoms with Gasteiger partial charge in [0.25, 0.3) is 0 Å². The van der Waals surface area contributed by atoms with Gasteiger partial charge in [0.15, 0.2) is 0 Å². The summed E-state index contributed by atoms with van der Waals surface area (Å²) in [5.74, 6) is 0. The van der Waals surface area contributed by atoms with Gasteiger partial charge >= 0.3 is 0 Å². The Hall–Kier alpha value is -1.32. The molecule has 3 heteroatoms. The van der Waals surface area contributed by atoms with Crippen molar-refractivity contribution in [2.75, 3.05) is 11.4 Å². The number of rotatable bonds is 2. The quantitative estimate of drug-likeness (QED) is 0.896. The number of benzene rings is 1. The fourth-order valence-corrected chi connectivity index (χ4v) is 3.77. The highest BCUT2D eigenvalue weighted by atomic mass is 32.1. The molecule has 2 heterocycles. The summed E-state index contributed by atoms with van der Waals surface area (Å²) in [7, 11) is 0. The van der Waals surface area contributed by atoms with Crippen LogP contribution in [-0.2, 0) is 6.42 Å². The fourth-order valence-electron chi connectivity index (χ4n) is 2.81. The van der Waals surface area contributed by atoms with Gasteiger partial charge in [-0.05, 0) is 55.0 Å². The second-order valence-corrected chi connectivity index (χ2v) is 6.19. The summed E-state index contributed by atoms with van der Waals surface area (Å²) in [5.41, 5.74) is 3.69. The molecule has 1 aromatic carbocycles. The molecule has 19 heavy (non-hydrogen) atoms. The Balaban J connectivity index is 1.87.